The molecule has 5 heteroatoms. The van der Waals surface area contributed by atoms with Gasteiger partial charge in [0.25, 0.3) is 5.91 Å². The van der Waals surface area contributed by atoms with Gasteiger partial charge in [0.1, 0.15) is 0 Å². The molecule has 0 heterocycles. The van der Waals surface area contributed by atoms with Crippen molar-refractivity contribution in [3.05, 3.63) is 35.4 Å². The molecule has 18 heavy (non-hydrogen) atoms. The van der Waals surface area contributed by atoms with Crippen LogP contribution in [-0.2, 0) is 0 Å². The minimum Gasteiger partial charge on any atom is -0.352 e. The summed E-state index contributed by atoms with van der Waals surface area (Å²) in [5, 5.41) is 2.88. The third-order valence-electron chi connectivity index (χ3n) is 2.76. The lowest BCUT2D eigenvalue weighted by Crippen LogP contribution is -2.42. The average Bonchev–Trinajstić information content (AvgIpc) is 2.38. The van der Waals surface area contributed by atoms with E-state index < -0.39 is 0 Å². The standard InChI is InChI=1S/C13H22N4O/c1-10-5-7-11(8-6-10)13(18)16-9-3-2-4-12(14)17-15/h5-8,12,17H,2-4,9,14-15H2,1H3,(H,16,18)/t12-/m1/s1. The molecule has 0 radical (unpaired) electrons. The number of benzene rings is 1. The predicted octanol–water partition coefficient (Wildman–Crippen LogP) is 0.643. The Balaban J connectivity index is 2.19. The molecule has 1 rings (SSSR count). The van der Waals surface area contributed by atoms with E-state index in [1.165, 1.54) is 0 Å². The number of unbranched alkanes of at least 4 members (excludes halogenated alkanes) is 1. The number of aryl methyl sites for hydroxylation is 1. The van der Waals surface area contributed by atoms with Crippen molar-refractivity contribution in [2.75, 3.05) is 6.54 Å². The van der Waals surface area contributed by atoms with Crippen molar-refractivity contribution in [1.82, 2.24) is 10.7 Å². The number of hydrogen-bond acceptors (Lipinski definition) is 4. The smallest absolute Gasteiger partial charge is 0.251 e. The molecule has 0 aliphatic carbocycles. The maximum absolute atomic E-state index is 11.7. The highest BCUT2D eigenvalue weighted by Gasteiger charge is 2.04. The fourth-order valence-electron chi connectivity index (χ4n) is 1.58. The first kappa shape index (κ1) is 14.6. The van der Waals surface area contributed by atoms with Gasteiger partial charge in [-0.05, 0) is 38.3 Å². The summed E-state index contributed by atoms with van der Waals surface area (Å²) < 4.78 is 0. The SMILES string of the molecule is Cc1ccc(C(=O)NCCCC[C@H](N)NN)cc1. The van der Waals surface area contributed by atoms with E-state index in [0.717, 1.165) is 24.8 Å². The molecule has 0 fully saturated rings. The van der Waals surface area contributed by atoms with Crippen LogP contribution in [-0.4, -0.2) is 18.6 Å². The number of carbonyl (C=O) groups excluding carboxylic acids is 1. The van der Waals surface area contributed by atoms with Crippen LogP contribution in [0, 0.1) is 6.92 Å². The summed E-state index contributed by atoms with van der Waals surface area (Å²) in [7, 11) is 0. The summed E-state index contributed by atoms with van der Waals surface area (Å²) in [6.07, 6.45) is 2.46. The van der Waals surface area contributed by atoms with Gasteiger partial charge in [0, 0.05) is 12.1 Å². The molecule has 0 spiro atoms. The molecule has 0 aliphatic rings. The average molecular weight is 250 g/mol. The van der Waals surface area contributed by atoms with Gasteiger partial charge >= 0.3 is 0 Å². The van der Waals surface area contributed by atoms with Crippen molar-refractivity contribution in [3.8, 4) is 0 Å². The number of carbonyl (C=O) groups is 1. The van der Waals surface area contributed by atoms with Crippen LogP contribution in [0.15, 0.2) is 24.3 Å². The first-order chi connectivity index (χ1) is 8.63. The van der Waals surface area contributed by atoms with E-state index in [-0.39, 0.29) is 12.1 Å². The van der Waals surface area contributed by atoms with Crippen molar-refractivity contribution in [3.63, 3.8) is 0 Å². The third-order valence-corrected chi connectivity index (χ3v) is 2.76. The number of hydrazine groups is 1. The second-order valence-electron chi connectivity index (χ2n) is 4.39. The highest BCUT2D eigenvalue weighted by molar-refractivity contribution is 5.94. The lowest BCUT2D eigenvalue weighted by atomic mass is 10.1. The number of rotatable bonds is 7. The van der Waals surface area contributed by atoms with Crippen molar-refractivity contribution in [2.24, 2.45) is 11.6 Å². The second kappa shape index (κ2) is 7.81. The molecule has 0 aromatic heterocycles. The zero-order valence-corrected chi connectivity index (χ0v) is 10.8. The summed E-state index contributed by atoms with van der Waals surface area (Å²) in [5.41, 5.74) is 9.93. The van der Waals surface area contributed by atoms with Gasteiger partial charge in [0.15, 0.2) is 0 Å². The Labute approximate surface area is 108 Å². The Bertz CT molecular complexity index is 364. The van der Waals surface area contributed by atoms with Crippen LogP contribution in [0.5, 0.6) is 0 Å². The summed E-state index contributed by atoms with van der Waals surface area (Å²) in [5.74, 6) is 5.15. The second-order valence-corrected chi connectivity index (χ2v) is 4.39. The molecule has 1 aromatic carbocycles. The van der Waals surface area contributed by atoms with Crippen molar-refractivity contribution in [1.29, 1.82) is 0 Å². The Hall–Kier alpha value is -1.43. The highest BCUT2D eigenvalue weighted by Crippen LogP contribution is 2.03. The van der Waals surface area contributed by atoms with Gasteiger partial charge in [-0.25, -0.2) is 5.43 Å². The molecule has 0 saturated carbocycles. The summed E-state index contributed by atoms with van der Waals surface area (Å²) in [6.45, 7) is 2.65. The van der Waals surface area contributed by atoms with Gasteiger partial charge in [-0.1, -0.05) is 17.7 Å². The Morgan fingerprint density at radius 3 is 2.56 bits per heavy atom. The maximum Gasteiger partial charge on any atom is 0.251 e. The topological polar surface area (TPSA) is 93.2 Å². The van der Waals surface area contributed by atoms with E-state index in [9.17, 15) is 4.79 Å². The number of nitrogens with one attached hydrogen (secondary N) is 2. The molecule has 0 bridgehead atoms. The molecular formula is C13H22N4O. The molecule has 1 amide bonds. The number of nitrogens with two attached hydrogens (primary N) is 2. The molecule has 0 saturated heterocycles. The van der Waals surface area contributed by atoms with E-state index in [0.29, 0.717) is 12.1 Å². The molecule has 1 aromatic rings. The van der Waals surface area contributed by atoms with Crippen LogP contribution in [0.4, 0.5) is 0 Å². The third kappa shape index (κ3) is 5.27. The van der Waals surface area contributed by atoms with Crippen LogP contribution in [0.2, 0.25) is 0 Å². The first-order valence-corrected chi connectivity index (χ1v) is 6.20. The Morgan fingerprint density at radius 2 is 1.94 bits per heavy atom. The number of hydrogen-bond donors (Lipinski definition) is 4. The minimum absolute atomic E-state index is 0.0313. The predicted molar refractivity (Wildman–Crippen MR) is 72.7 cm³/mol. The van der Waals surface area contributed by atoms with E-state index >= 15 is 0 Å². The van der Waals surface area contributed by atoms with Gasteiger partial charge in [0.2, 0.25) is 0 Å². The summed E-state index contributed by atoms with van der Waals surface area (Å²) in [6, 6.07) is 7.53. The van der Waals surface area contributed by atoms with Crippen molar-refractivity contribution >= 4 is 5.91 Å². The molecular weight excluding hydrogens is 228 g/mol. The normalized spacial score (nSPS) is 12.2. The summed E-state index contributed by atoms with van der Waals surface area (Å²) in [4.78, 5) is 11.7. The molecule has 1 atom stereocenters. The first-order valence-electron chi connectivity index (χ1n) is 6.20. The van der Waals surface area contributed by atoms with E-state index in [4.69, 9.17) is 11.6 Å². The Morgan fingerprint density at radius 1 is 1.28 bits per heavy atom. The van der Waals surface area contributed by atoms with Gasteiger partial charge in [-0.3, -0.25) is 10.6 Å². The van der Waals surface area contributed by atoms with E-state index in [1.54, 1.807) is 0 Å². The largest absolute Gasteiger partial charge is 0.352 e. The van der Waals surface area contributed by atoms with Gasteiger partial charge < -0.3 is 11.1 Å². The highest BCUT2D eigenvalue weighted by atomic mass is 16.1. The fourth-order valence-corrected chi connectivity index (χ4v) is 1.58. The zero-order chi connectivity index (χ0) is 13.4. The van der Waals surface area contributed by atoms with E-state index in [1.807, 2.05) is 31.2 Å². The lowest BCUT2D eigenvalue weighted by Gasteiger charge is -2.09. The molecule has 5 nitrogen and oxygen atoms in total. The van der Waals surface area contributed by atoms with Crippen LogP contribution in [0.3, 0.4) is 0 Å². The van der Waals surface area contributed by atoms with Crippen LogP contribution in [0.1, 0.15) is 35.2 Å². The van der Waals surface area contributed by atoms with Crippen LogP contribution >= 0.6 is 0 Å². The number of amides is 1. The summed E-state index contributed by atoms with van der Waals surface area (Å²) >= 11 is 0. The molecule has 6 N–H and O–H groups in total. The van der Waals surface area contributed by atoms with E-state index in [2.05, 4.69) is 10.7 Å². The van der Waals surface area contributed by atoms with Crippen molar-refractivity contribution < 1.29 is 4.79 Å². The maximum atomic E-state index is 11.7. The van der Waals surface area contributed by atoms with Crippen molar-refractivity contribution in [2.45, 2.75) is 32.4 Å². The quantitative estimate of drug-likeness (QED) is 0.247. The fraction of sp³-hybridized carbons (Fsp3) is 0.462. The van der Waals surface area contributed by atoms with Gasteiger partial charge in [-0.2, -0.15) is 0 Å². The van der Waals surface area contributed by atoms with Gasteiger partial charge in [0.05, 0.1) is 6.17 Å². The zero-order valence-electron chi connectivity index (χ0n) is 10.8. The van der Waals surface area contributed by atoms with Crippen LogP contribution < -0.4 is 22.3 Å². The van der Waals surface area contributed by atoms with Crippen LogP contribution in [0.25, 0.3) is 0 Å². The van der Waals surface area contributed by atoms with Gasteiger partial charge in [-0.15, -0.1) is 0 Å². The Kier molecular flexibility index (Phi) is 6.35. The molecule has 0 unspecified atom stereocenters. The lowest BCUT2D eigenvalue weighted by molar-refractivity contribution is 0.0953. The minimum atomic E-state index is -0.169. The monoisotopic (exact) mass is 250 g/mol. The molecule has 100 valence electrons. The molecule has 0 aliphatic heterocycles.